The second kappa shape index (κ2) is 11.6. The molecular formula is C18H29ClN4O3. The van der Waals surface area contributed by atoms with Gasteiger partial charge < -0.3 is 20.9 Å². The predicted molar refractivity (Wildman–Crippen MR) is 103 cm³/mol. The van der Waals surface area contributed by atoms with Gasteiger partial charge in [-0.25, -0.2) is 4.79 Å². The third kappa shape index (κ3) is 6.71. The lowest BCUT2D eigenvalue weighted by Gasteiger charge is -2.27. The van der Waals surface area contributed by atoms with Gasteiger partial charge in [-0.2, -0.15) is 0 Å². The van der Waals surface area contributed by atoms with Gasteiger partial charge in [0.25, 0.3) is 5.91 Å². The molecule has 26 heavy (non-hydrogen) atoms. The van der Waals surface area contributed by atoms with Crippen molar-refractivity contribution in [2.24, 2.45) is 5.92 Å². The van der Waals surface area contributed by atoms with Crippen molar-refractivity contribution >= 4 is 29.4 Å². The number of carbonyl (C=O) groups excluding carboxylic acids is 3. The number of allylic oxidation sites excluding steroid dienone is 1. The van der Waals surface area contributed by atoms with E-state index in [1.54, 1.807) is 32.2 Å². The number of hydrogen-bond acceptors (Lipinski definition) is 3. The van der Waals surface area contributed by atoms with Crippen molar-refractivity contribution in [2.45, 2.75) is 32.7 Å². The van der Waals surface area contributed by atoms with Crippen LogP contribution in [0, 0.1) is 5.92 Å². The second-order valence-corrected chi connectivity index (χ2v) is 6.42. The van der Waals surface area contributed by atoms with Crippen LogP contribution in [-0.2, 0) is 9.59 Å². The molecule has 3 N–H and O–H groups in total. The summed E-state index contributed by atoms with van der Waals surface area (Å²) in [5, 5.41) is 8.02. The molecule has 0 saturated carbocycles. The molecule has 0 bridgehead atoms. The minimum Gasteiger partial charge on any atom is -0.355 e. The number of likely N-dealkylation sites (N-methyl/N-ethyl adjacent to an activating group) is 1. The lowest BCUT2D eigenvalue weighted by Crippen LogP contribution is -2.46. The van der Waals surface area contributed by atoms with Gasteiger partial charge >= 0.3 is 6.03 Å². The van der Waals surface area contributed by atoms with Crippen LogP contribution in [0.4, 0.5) is 4.79 Å². The molecule has 1 saturated heterocycles. The van der Waals surface area contributed by atoms with E-state index >= 15 is 0 Å². The van der Waals surface area contributed by atoms with E-state index in [-0.39, 0.29) is 35.7 Å². The van der Waals surface area contributed by atoms with E-state index < -0.39 is 0 Å². The number of nitrogens with zero attached hydrogens (tertiary/aromatic N) is 1. The Kier molecular flexibility index (Phi) is 9.80. The normalized spacial score (nSPS) is 18.7. The molecular weight excluding hydrogens is 356 g/mol. The molecule has 1 fully saturated rings. The number of hydrogen-bond donors (Lipinski definition) is 3. The molecule has 0 aromatic carbocycles. The Morgan fingerprint density at radius 3 is 2.65 bits per heavy atom. The highest BCUT2D eigenvalue weighted by molar-refractivity contribution is 6.19. The summed E-state index contributed by atoms with van der Waals surface area (Å²) in [6.07, 6.45) is 6.72. The summed E-state index contributed by atoms with van der Waals surface area (Å²) in [5.41, 5.74) is 0.429. The highest BCUT2D eigenvalue weighted by Crippen LogP contribution is 2.20. The van der Waals surface area contributed by atoms with Gasteiger partial charge in [-0.05, 0) is 19.8 Å². The largest absolute Gasteiger partial charge is 0.355 e. The van der Waals surface area contributed by atoms with E-state index in [2.05, 4.69) is 16.0 Å². The summed E-state index contributed by atoms with van der Waals surface area (Å²) in [6.45, 7) is 5.32. The van der Waals surface area contributed by atoms with Crippen molar-refractivity contribution in [3.05, 3.63) is 23.8 Å². The van der Waals surface area contributed by atoms with Gasteiger partial charge in [0.2, 0.25) is 5.91 Å². The van der Waals surface area contributed by atoms with E-state index in [4.69, 9.17) is 11.6 Å². The summed E-state index contributed by atoms with van der Waals surface area (Å²) < 4.78 is 0. The fourth-order valence-corrected chi connectivity index (χ4v) is 2.99. The van der Waals surface area contributed by atoms with E-state index in [9.17, 15) is 14.4 Å². The second-order valence-electron chi connectivity index (χ2n) is 6.11. The minimum absolute atomic E-state index is 0.00208. The minimum atomic E-state index is -0.372. The molecule has 8 heteroatoms. The fourth-order valence-electron chi connectivity index (χ4n) is 2.83. The lowest BCUT2D eigenvalue weighted by molar-refractivity contribution is -0.134. The van der Waals surface area contributed by atoms with Gasteiger partial charge in [-0.1, -0.05) is 25.2 Å². The molecule has 1 heterocycles. The van der Waals surface area contributed by atoms with Crippen molar-refractivity contribution in [1.82, 2.24) is 20.9 Å². The highest BCUT2D eigenvalue weighted by atomic mass is 35.5. The van der Waals surface area contributed by atoms with E-state index in [0.717, 1.165) is 12.8 Å². The first-order valence-corrected chi connectivity index (χ1v) is 9.46. The van der Waals surface area contributed by atoms with Crippen LogP contribution in [0.3, 0.4) is 0 Å². The highest BCUT2D eigenvalue weighted by Gasteiger charge is 2.30. The smallest absolute Gasteiger partial charge is 0.314 e. The van der Waals surface area contributed by atoms with Crippen molar-refractivity contribution < 1.29 is 14.4 Å². The lowest BCUT2D eigenvalue weighted by atomic mass is 10.1. The number of halogens is 1. The summed E-state index contributed by atoms with van der Waals surface area (Å²) in [5.74, 6) is -0.409. The van der Waals surface area contributed by atoms with Crippen LogP contribution in [0.1, 0.15) is 26.7 Å². The van der Waals surface area contributed by atoms with Gasteiger partial charge in [0.05, 0.1) is 5.92 Å². The van der Waals surface area contributed by atoms with E-state index in [1.807, 2.05) is 11.8 Å². The summed E-state index contributed by atoms with van der Waals surface area (Å²) in [6, 6.07) is -0.223. The standard InChI is InChI=1S/C18H29ClN4O3/c1-4-21-18(26)22-12-15-6-5-11-23(15)17(25)13(2)7-8-14(9-10-19)16(24)20-3/h7-9,13,15H,4-6,10-12H2,1-3H3,(H,20,24)(H2,21,22,26)/b8-7-,14-9+/t13?,15-/m1/s1. The Hall–Kier alpha value is -2.02. The fraction of sp³-hybridized carbons (Fsp3) is 0.611. The van der Waals surface area contributed by atoms with Crippen LogP contribution >= 0.6 is 11.6 Å². The first-order valence-electron chi connectivity index (χ1n) is 8.93. The number of rotatable bonds is 8. The molecule has 2 atom stereocenters. The van der Waals surface area contributed by atoms with Crippen molar-refractivity contribution in [3.63, 3.8) is 0 Å². The van der Waals surface area contributed by atoms with Gasteiger partial charge in [-0.3, -0.25) is 9.59 Å². The molecule has 1 aliphatic heterocycles. The first-order chi connectivity index (χ1) is 12.4. The Morgan fingerprint density at radius 2 is 2.04 bits per heavy atom. The summed E-state index contributed by atoms with van der Waals surface area (Å²) in [4.78, 5) is 37.9. The number of alkyl halides is 1. The maximum Gasteiger partial charge on any atom is 0.314 e. The third-order valence-electron chi connectivity index (χ3n) is 4.24. The van der Waals surface area contributed by atoms with Crippen LogP contribution in [0.5, 0.6) is 0 Å². The number of amides is 4. The average Bonchev–Trinajstić information content (AvgIpc) is 3.10. The number of likely N-dealkylation sites (tertiary alicyclic amines) is 1. The monoisotopic (exact) mass is 384 g/mol. The zero-order valence-corrected chi connectivity index (χ0v) is 16.4. The van der Waals surface area contributed by atoms with Crippen LogP contribution < -0.4 is 16.0 Å². The Morgan fingerprint density at radius 1 is 1.31 bits per heavy atom. The van der Waals surface area contributed by atoms with E-state index in [1.165, 1.54) is 0 Å². The van der Waals surface area contributed by atoms with Crippen molar-refractivity contribution in [3.8, 4) is 0 Å². The first kappa shape index (κ1) is 22.0. The maximum atomic E-state index is 12.7. The topological polar surface area (TPSA) is 90.5 Å². The Balaban J connectivity index is 2.67. The molecule has 146 valence electrons. The van der Waals surface area contributed by atoms with Gasteiger partial charge in [0.1, 0.15) is 0 Å². The zero-order valence-electron chi connectivity index (χ0n) is 15.7. The molecule has 1 aliphatic rings. The van der Waals surface area contributed by atoms with Crippen LogP contribution in [0.15, 0.2) is 23.8 Å². The quantitative estimate of drug-likeness (QED) is 0.335. The SMILES string of the molecule is CCNC(=O)NC[C@H]1CCCN1C(=O)C(C)/C=C\C(=C/CCl)C(=O)NC. The maximum absolute atomic E-state index is 12.7. The molecule has 0 aliphatic carbocycles. The van der Waals surface area contributed by atoms with Crippen molar-refractivity contribution in [2.75, 3.05) is 32.6 Å². The molecule has 1 unspecified atom stereocenters. The predicted octanol–water partition coefficient (Wildman–Crippen LogP) is 1.40. The molecule has 4 amide bonds. The van der Waals surface area contributed by atoms with Crippen molar-refractivity contribution in [1.29, 1.82) is 0 Å². The summed E-state index contributed by atoms with van der Waals surface area (Å²) in [7, 11) is 1.54. The molecule has 0 aromatic heterocycles. The molecule has 0 radical (unpaired) electrons. The summed E-state index contributed by atoms with van der Waals surface area (Å²) >= 11 is 5.68. The van der Waals surface area contributed by atoms with E-state index in [0.29, 0.717) is 25.2 Å². The molecule has 0 spiro atoms. The molecule has 7 nitrogen and oxygen atoms in total. The van der Waals surface area contributed by atoms with Crippen LogP contribution in [0.25, 0.3) is 0 Å². The number of nitrogens with one attached hydrogen (secondary N) is 3. The van der Waals surface area contributed by atoms with Gasteiger partial charge in [-0.15, -0.1) is 11.6 Å². The number of carbonyl (C=O) groups is 3. The number of urea groups is 1. The van der Waals surface area contributed by atoms with Crippen LogP contribution in [0.2, 0.25) is 0 Å². The molecule has 1 rings (SSSR count). The Bertz CT molecular complexity index is 563. The van der Waals surface area contributed by atoms with Crippen LogP contribution in [-0.4, -0.2) is 61.3 Å². The Labute approximate surface area is 160 Å². The third-order valence-corrected chi connectivity index (χ3v) is 4.39. The van der Waals surface area contributed by atoms with Gasteiger partial charge in [0.15, 0.2) is 0 Å². The molecule has 0 aromatic rings. The average molecular weight is 385 g/mol. The van der Waals surface area contributed by atoms with Gasteiger partial charge in [0, 0.05) is 44.2 Å². The zero-order chi connectivity index (χ0) is 19.5.